The van der Waals surface area contributed by atoms with E-state index in [1.807, 2.05) is 69.3 Å². The Labute approximate surface area is 230 Å². The first-order valence-corrected chi connectivity index (χ1v) is 16.9. The van der Waals surface area contributed by atoms with Crippen molar-refractivity contribution in [1.29, 1.82) is 0 Å². The molecule has 0 fully saturated rings. The molecule has 0 spiro atoms. The third-order valence-corrected chi connectivity index (χ3v) is 12.8. The van der Waals surface area contributed by atoms with Gasteiger partial charge in [-0.1, -0.05) is 48.6 Å². The van der Waals surface area contributed by atoms with Crippen molar-refractivity contribution in [2.45, 2.75) is 12.8 Å². The molecule has 4 nitrogen and oxygen atoms in total. The molecule has 194 valence electrons. The fourth-order valence-corrected chi connectivity index (χ4v) is 10.4. The van der Waals surface area contributed by atoms with E-state index < -0.39 is 14.9 Å². The Bertz CT molecular complexity index is 1820. The summed E-state index contributed by atoms with van der Waals surface area (Å²) in [7, 11) is -1.46. The van der Waals surface area contributed by atoms with Gasteiger partial charge in [-0.15, -0.1) is 0 Å². The molecule has 0 aromatic heterocycles. The van der Waals surface area contributed by atoms with Crippen molar-refractivity contribution in [1.82, 2.24) is 0 Å². The molecule has 0 saturated carbocycles. The highest BCUT2D eigenvalue weighted by molar-refractivity contribution is 7.78. The largest absolute Gasteiger partial charge is 0.343 e. The van der Waals surface area contributed by atoms with Crippen molar-refractivity contribution >= 4 is 71.1 Å². The van der Waals surface area contributed by atoms with Crippen LogP contribution >= 0.6 is 14.9 Å². The highest BCUT2D eigenvalue weighted by Crippen LogP contribution is 2.48. The van der Waals surface area contributed by atoms with Crippen molar-refractivity contribution in [3.63, 3.8) is 0 Å². The lowest BCUT2D eigenvalue weighted by atomic mass is 10.1. The maximum Gasteiger partial charge on any atom is 0.144 e. The fourth-order valence-electron chi connectivity index (χ4n) is 6.25. The number of hydrogen-bond acceptors (Lipinski definition) is 4. The van der Waals surface area contributed by atoms with E-state index in [0.717, 1.165) is 67.9 Å². The molecule has 2 aliphatic carbocycles. The zero-order valence-corrected chi connectivity index (χ0v) is 24.2. The highest BCUT2D eigenvalue weighted by atomic mass is 31.2. The minimum absolute atomic E-state index is 0.809. The summed E-state index contributed by atoms with van der Waals surface area (Å²) in [6.07, 6.45) is 10.3. The molecule has 0 N–H and O–H groups in total. The summed E-state index contributed by atoms with van der Waals surface area (Å²) in [5, 5.41) is 3.29. The Morgan fingerprint density at radius 2 is 1.26 bits per heavy atom. The van der Waals surface area contributed by atoms with Gasteiger partial charge in [0.25, 0.3) is 0 Å². The number of allylic oxidation sites excluding steroid dienone is 2. The van der Waals surface area contributed by atoms with E-state index in [2.05, 4.69) is 58.4 Å². The zero-order chi connectivity index (χ0) is 26.9. The van der Waals surface area contributed by atoms with Gasteiger partial charge in [0.15, 0.2) is 0 Å². The van der Waals surface area contributed by atoms with Crippen LogP contribution in [0.5, 0.6) is 0 Å². The van der Waals surface area contributed by atoms with Crippen LogP contribution in [0.4, 0.5) is 22.7 Å². The van der Waals surface area contributed by atoms with Crippen LogP contribution in [0.2, 0.25) is 0 Å². The smallest absolute Gasteiger partial charge is 0.144 e. The Kier molecular flexibility index (Phi) is 5.63. The van der Waals surface area contributed by atoms with Crippen molar-refractivity contribution in [3.05, 3.63) is 107 Å². The van der Waals surface area contributed by atoms with Crippen LogP contribution in [0, 0.1) is 0 Å². The fraction of sp³-hybridized carbons (Fsp3) is 0.152. The summed E-state index contributed by atoms with van der Waals surface area (Å²) in [4.78, 5) is 4.19. The number of hydrogen-bond donors (Lipinski definition) is 0. The average Bonchev–Trinajstić information content (AvgIpc) is 3.63. The summed E-state index contributed by atoms with van der Waals surface area (Å²) in [6, 6.07) is 24.5. The molecule has 6 heteroatoms. The van der Waals surface area contributed by atoms with E-state index in [0.29, 0.717) is 0 Å². The molecule has 4 aromatic carbocycles. The Morgan fingerprint density at radius 3 is 2.00 bits per heavy atom. The topological polar surface area (TPSA) is 40.6 Å². The van der Waals surface area contributed by atoms with E-state index in [-0.39, 0.29) is 0 Å². The van der Waals surface area contributed by atoms with Gasteiger partial charge in [-0.3, -0.25) is 0 Å². The van der Waals surface area contributed by atoms with Gasteiger partial charge in [0.1, 0.15) is 14.9 Å². The van der Waals surface area contributed by atoms with E-state index in [9.17, 15) is 4.57 Å². The molecule has 2 atom stereocenters. The Balaban J connectivity index is 1.59. The molecule has 1 heterocycles. The second-order valence-corrected chi connectivity index (χ2v) is 15.2. The SMILES string of the molecule is CN1c2cc3c(cc2[PH](=O)c2ccccc2N(C)c2cc4c(cc2P(C)(=O)c2ccccc21)CC=C4)CC=C3. The van der Waals surface area contributed by atoms with Gasteiger partial charge in [-0.05, 0) is 90.3 Å². The number of anilines is 4. The molecule has 4 aromatic rings. The van der Waals surface area contributed by atoms with E-state index in [4.69, 9.17) is 0 Å². The third-order valence-electron chi connectivity index (χ3n) is 8.40. The molecular weight excluding hydrogens is 518 g/mol. The molecule has 2 unspecified atom stereocenters. The molecule has 7 rings (SSSR count). The summed E-state index contributed by atoms with van der Waals surface area (Å²) in [6.45, 7) is 1.90. The van der Waals surface area contributed by atoms with Gasteiger partial charge in [-0.2, -0.15) is 0 Å². The summed E-state index contributed by atoms with van der Waals surface area (Å²) < 4.78 is 29.8. The second-order valence-electron chi connectivity index (χ2n) is 10.7. The van der Waals surface area contributed by atoms with Crippen LogP contribution in [0.3, 0.4) is 0 Å². The number of para-hydroxylation sites is 2. The molecular formula is C33H30N2O2P2. The maximum atomic E-state index is 15.1. The lowest BCUT2D eigenvalue weighted by molar-refractivity contribution is 0.590. The zero-order valence-electron chi connectivity index (χ0n) is 22.3. The predicted octanol–water partition coefficient (Wildman–Crippen LogP) is 6.13. The van der Waals surface area contributed by atoms with Crippen molar-refractivity contribution in [2.75, 3.05) is 30.6 Å². The summed E-state index contributed by atoms with van der Waals surface area (Å²) >= 11 is 0. The van der Waals surface area contributed by atoms with Gasteiger partial charge < -0.3 is 18.9 Å². The Hall–Kier alpha value is -3.58. The molecule has 39 heavy (non-hydrogen) atoms. The number of benzene rings is 4. The van der Waals surface area contributed by atoms with E-state index in [1.165, 1.54) is 11.1 Å². The van der Waals surface area contributed by atoms with Crippen LogP contribution in [0.1, 0.15) is 22.3 Å². The van der Waals surface area contributed by atoms with Gasteiger partial charge in [0.05, 0.1) is 22.7 Å². The van der Waals surface area contributed by atoms with Crippen LogP contribution in [-0.2, 0) is 22.0 Å². The first kappa shape index (κ1) is 24.5. The average molecular weight is 549 g/mol. The number of rotatable bonds is 0. The maximum absolute atomic E-state index is 15.1. The lowest BCUT2D eigenvalue weighted by Gasteiger charge is -2.32. The summed E-state index contributed by atoms with van der Waals surface area (Å²) in [5.41, 5.74) is 8.23. The van der Waals surface area contributed by atoms with Crippen LogP contribution < -0.4 is 31.0 Å². The molecule has 0 saturated heterocycles. The molecule has 3 aliphatic rings. The molecule has 1 aliphatic heterocycles. The third kappa shape index (κ3) is 3.73. The Morgan fingerprint density at radius 1 is 0.667 bits per heavy atom. The van der Waals surface area contributed by atoms with Crippen LogP contribution in [0.15, 0.2) is 84.9 Å². The first-order valence-electron chi connectivity index (χ1n) is 13.3. The second kappa shape index (κ2) is 8.98. The predicted molar refractivity (Wildman–Crippen MR) is 168 cm³/mol. The van der Waals surface area contributed by atoms with Gasteiger partial charge in [0.2, 0.25) is 0 Å². The minimum Gasteiger partial charge on any atom is -0.343 e. The normalized spacial score (nSPS) is 20.7. The van der Waals surface area contributed by atoms with E-state index in [1.54, 1.807) is 0 Å². The van der Waals surface area contributed by atoms with Crippen molar-refractivity contribution in [3.8, 4) is 0 Å². The minimum atomic E-state index is -3.08. The van der Waals surface area contributed by atoms with E-state index >= 15 is 4.57 Å². The van der Waals surface area contributed by atoms with Gasteiger partial charge in [-0.25, -0.2) is 0 Å². The van der Waals surface area contributed by atoms with Crippen LogP contribution in [-0.4, -0.2) is 20.8 Å². The first-order chi connectivity index (χ1) is 18.8. The van der Waals surface area contributed by atoms with Gasteiger partial charge in [0, 0.05) is 35.3 Å². The van der Waals surface area contributed by atoms with Crippen molar-refractivity contribution < 1.29 is 9.13 Å². The lowest BCUT2D eigenvalue weighted by Crippen LogP contribution is -2.31. The molecule has 0 amide bonds. The summed E-state index contributed by atoms with van der Waals surface area (Å²) in [5.74, 6) is 0. The quantitative estimate of drug-likeness (QED) is 0.248. The van der Waals surface area contributed by atoms with Crippen molar-refractivity contribution in [2.24, 2.45) is 0 Å². The number of nitrogens with zero attached hydrogens (tertiary/aromatic N) is 2. The monoisotopic (exact) mass is 548 g/mol. The van der Waals surface area contributed by atoms with Gasteiger partial charge >= 0.3 is 0 Å². The molecule has 0 bridgehead atoms. The number of fused-ring (bicyclic) bond motifs is 6. The molecule has 0 radical (unpaired) electrons. The van der Waals surface area contributed by atoms with Crippen LogP contribution in [0.25, 0.3) is 12.2 Å². The highest BCUT2D eigenvalue weighted by Gasteiger charge is 2.33. The standard InChI is InChI=1S/C33H30N2O2P2/c1-34-26-14-4-6-16-30(26)38(36)31-20-24-12-8-10-22(24)18-28(31)35(2)27-15-5-7-17-32(27)39(3,37)33-21-25-13-9-11-23(25)19-29(33)34/h4-11,14-21,38H,12-13H2,1-3H3.